The zero-order valence-electron chi connectivity index (χ0n) is 12.8. The smallest absolute Gasteiger partial charge is 0.108 e. The van der Waals surface area contributed by atoms with Crippen LogP contribution in [-0.2, 0) is 13.5 Å². The summed E-state index contributed by atoms with van der Waals surface area (Å²) in [4.78, 5) is 4.41. The van der Waals surface area contributed by atoms with E-state index in [0.29, 0.717) is 5.92 Å². The highest BCUT2D eigenvalue weighted by atomic mass is 35.5. The van der Waals surface area contributed by atoms with Crippen molar-refractivity contribution in [3.63, 3.8) is 0 Å². The number of hydrogen-bond donors (Lipinski definition) is 1. The molecule has 0 aliphatic carbocycles. The topological polar surface area (TPSA) is 29.9 Å². The zero-order valence-corrected chi connectivity index (χ0v) is 13.6. The number of imidazole rings is 1. The first-order chi connectivity index (χ1) is 10.2. The third-order valence-corrected chi connectivity index (χ3v) is 4.14. The lowest BCUT2D eigenvalue weighted by Gasteiger charge is -2.19. The Kier molecular flexibility index (Phi) is 6.27. The number of halogens is 1. The first kappa shape index (κ1) is 16.1. The minimum Gasteiger partial charge on any atom is -0.338 e. The number of rotatable bonds is 8. The Bertz CT molecular complexity index is 550. The van der Waals surface area contributed by atoms with Crippen molar-refractivity contribution in [1.29, 1.82) is 0 Å². The lowest BCUT2D eigenvalue weighted by Crippen LogP contribution is -2.23. The van der Waals surface area contributed by atoms with Crippen molar-refractivity contribution in [3.05, 3.63) is 53.1 Å². The van der Waals surface area contributed by atoms with Crippen LogP contribution in [0, 0.1) is 0 Å². The molecule has 4 heteroatoms. The van der Waals surface area contributed by atoms with Gasteiger partial charge in [-0.3, -0.25) is 0 Å². The quantitative estimate of drug-likeness (QED) is 0.752. The summed E-state index contributed by atoms with van der Waals surface area (Å²) in [7, 11) is 2.04. The monoisotopic (exact) mass is 305 g/mol. The number of benzene rings is 1. The fourth-order valence-electron chi connectivity index (χ4n) is 2.57. The zero-order chi connectivity index (χ0) is 15.1. The minimum atomic E-state index is 0.418. The Morgan fingerprint density at radius 3 is 2.81 bits per heavy atom. The highest BCUT2D eigenvalue weighted by Crippen LogP contribution is 2.27. The van der Waals surface area contributed by atoms with Crippen molar-refractivity contribution in [2.24, 2.45) is 7.05 Å². The molecule has 0 aliphatic heterocycles. The van der Waals surface area contributed by atoms with Gasteiger partial charge in [-0.05, 0) is 36.9 Å². The van der Waals surface area contributed by atoms with E-state index in [9.17, 15) is 0 Å². The van der Waals surface area contributed by atoms with Crippen LogP contribution in [0.25, 0.3) is 0 Å². The van der Waals surface area contributed by atoms with Crippen LogP contribution in [0.4, 0.5) is 0 Å². The van der Waals surface area contributed by atoms with E-state index in [1.54, 1.807) is 0 Å². The molecule has 0 spiro atoms. The van der Waals surface area contributed by atoms with Gasteiger partial charge in [-0.1, -0.05) is 36.7 Å². The van der Waals surface area contributed by atoms with E-state index in [1.165, 1.54) is 5.56 Å². The molecule has 0 radical (unpaired) electrons. The van der Waals surface area contributed by atoms with Gasteiger partial charge in [0.2, 0.25) is 0 Å². The third-order valence-electron chi connectivity index (χ3n) is 3.80. The van der Waals surface area contributed by atoms with Gasteiger partial charge in [0, 0.05) is 37.4 Å². The molecule has 2 rings (SSSR count). The number of nitrogens with zero attached hydrogens (tertiary/aromatic N) is 2. The SMILES string of the molecule is CCCNCC(CCc1nccn1C)c1ccccc1Cl. The molecule has 1 unspecified atom stereocenters. The molecule has 114 valence electrons. The predicted molar refractivity (Wildman–Crippen MR) is 88.9 cm³/mol. The van der Waals surface area contributed by atoms with Gasteiger partial charge >= 0.3 is 0 Å². The summed E-state index contributed by atoms with van der Waals surface area (Å²) in [5.41, 5.74) is 1.23. The Hall–Kier alpha value is -1.32. The van der Waals surface area contributed by atoms with E-state index in [0.717, 1.165) is 43.2 Å². The van der Waals surface area contributed by atoms with Crippen molar-refractivity contribution in [2.75, 3.05) is 13.1 Å². The van der Waals surface area contributed by atoms with Crippen molar-refractivity contribution in [3.8, 4) is 0 Å². The molecule has 0 aliphatic rings. The van der Waals surface area contributed by atoms with Crippen LogP contribution < -0.4 is 5.32 Å². The second kappa shape index (κ2) is 8.20. The Balaban J connectivity index is 2.05. The Morgan fingerprint density at radius 2 is 2.14 bits per heavy atom. The van der Waals surface area contributed by atoms with Crippen LogP contribution in [0.3, 0.4) is 0 Å². The summed E-state index contributed by atoms with van der Waals surface area (Å²) in [5.74, 6) is 1.55. The van der Waals surface area contributed by atoms with E-state index in [-0.39, 0.29) is 0 Å². The molecule has 0 saturated carbocycles. The summed E-state index contributed by atoms with van der Waals surface area (Å²) in [5, 5.41) is 4.38. The normalized spacial score (nSPS) is 12.5. The molecule has 1 aromatic carbocycles. The number of aryl methyl sites for hydroxylation is 2. The van der Waals surface area contributed by atoms with Crippen LogP contribution in [0.5, 0.6) is 0 Å². The van der Waals surface area contributed by atoms with Crippen LogP contribution >= 0.6 is 11.6 Å². The molecular formula is C17H24ClN3. The molecule has 1 heterocycles. The van der Waals surface area contributed by atoms with Crippen molar-refractivity contribution in [2.45, 2.75) is 32.1 Å². The first-order valence-corrected chi connectivity index (χ1v) is 8.01. The molecule has 1 aromatic heterocycles. The molecule has 0 saturated heterocycles. The minimum absolute atomic E-state index is 0.418. The van der Waals surface area contributed by atoms with Gasteiger partial charge in [-0.25, -0.2) is 4.98 Å². The van der Waals surface area contributed by atoms with Crippen LogP contribution in [0.2, 0.25) is 5.02 Å². The Morgan fingerprint density at radius 1 is 1.33 bits per heavy atom. The van der Waals surface area contributed by atoms with Crippen LogP contribution in [0.1, 0.15) is 37.1 Å². The average molecular weight is 306 g/mol. The molecule has 1 N–H and O–H groups in total. The van der Waals surface area contributed by atoms with Gasteiger partial charge in [-0.2, -0.15) is 0 Å². The van der Waals surface area contributed by atoms with E-state index < -0.39 is 0 Å². The molecule has 21 heavy (non-hydrogen) atoms. The number of hydrogen-bond acceptors (Lipinski definition) is 2. The summed E-state index contributed by atoms with van der Waals surface area (Å²) >= 11 is 6.38. The van der Waals surface area contributed by atoms with Crippen molar-refractivity contribution < 1.29 is 0 Å². The first-order valence-electron chi connectivity index (χ1n) is 7.63. The average Bonchev–Trinajstić information content (AvgIpc) is 2.89. The summed E-state index contributed by atoms with van der Waals surface area (Å²) in [6, 6.07) is 8.17. The van der Waals surface area contributed by atoms with Gasteiger partial charge in [-0.15, -0.1) is 0 Å². The second-order valence-electron chi connectivity index (χ2n) is 5.42. The van der Waals surface area contributed by atoms with E-state index in [1.807, 2.05) is 31.6 Å². The lowest BCUT2D eigenvalue weighted by atomic mass is 9.93. The summed E-state index contributed by atoms with van der Waals surface area (Å²) in [6.07, 6.45) is 7.01. The maximum atomic E-state index is 6.38. The van der Waals surface area contributed by atoms with E-state index >= 15 is 0 Å². The largest absolute Gasteiger partial charge is 0.338 e. The van der Waals surface area contributed by atoms with Gasteiger partial charge in [0.25, 0.3) is 0 Å². The molecule has 0 amide bonds. The third kappa shape index (κ3) is 4.58. The maximum absolute atomic E-state index is 6.38. The molecule has 0 bridgehead atoms. The van der Waals surface area contributed by atoms with Crippen molar-refractivity contribution >= 4 is 11.6 Å². The fraction of sp³-hybridized carbons (Fsp3) is 0.471. The highest BCUT2D eigenvalue weighted by Gasteiger charge is 2.15. The highest BCUT2D eigenvalue weighted by molar-refractivity contribution is 6.31. The van der Waals surface area contributed by atoms with Gasteiger partial charge in [0.15, 0.2) is 0 Å². The van der Waals surface area contributed by atoms with Gasteiger partial charge < -0.3 is 9.88 Å². The maximum Gasteiger partial charge on any atom is 0.108 e. The standard InChI is InChI=1S/C17H24ClN3/c1-3-10-19-13-14(15-6-4-5-7-16(15)18)8-9-17-20-11-12-21(17)2/h4-7,11-12,14,19H,3,8-10,13H2,1-2H3. The molecule has 3 nitrogen and oxygen atoms in total. The summed E-state index contributed by atoms with van der Waals surface area (Å²) < 4.78 is 2.09. The predicted octanol–water partition coefficient (Wildman–Crippen LogP) is 3.79. The van der Waals surface area contributed by atoms with Crippen LogP contribution in [0.15, 0.2) is 36.7 Å². The van der Waals surface area contributed by atoms with Gasteiger partial charge in [0.05, 0.1) is 0 Å². The number of nitrogens with one attached hydrogen (secondary N) is 1. The molecule has 1 atom stereocenters. The lowest BCUT2D eigenvalue weighted by molar-refractivity contribution is 0.539. The second-order valence-corrected chi connectivity index (χ2v) is 5.82. The Labute approximate surface area is 132 Å². The number of aromatic nitrogens is 2. The molecular weight excluding hydrogens is 282 g/mol. The van der Waals surface area contributed by atoms with Crippen molar-refractivity contribution in [1.82, 2.24) is 14.9 Å². The summed E-state index contributed by atoms with van der Waals surface area (Å²) in [6.45, 7) is 4.19. The van der Waals surface area contributed by atoms with Crippen LogP contribution in [-0.4, -0.2) is 22.6 Å². The molecule has 0 fully saturated rings. The van der Waals surface area contributed by atoms with E-state index in [2.05, 4.69) is 33.9 Å². The fourth-order valence-corrected chi connectivity index (χ4v) is 2.86. The molecule has 2 aromatic rings. The van der Waals surface area contributed by atoms with Gasteiger partial charge in [0.1, 0.15) is 5.82 Å². The van der Waals surface area contributed by atoms with E-state index in [4.69, 9.17) is 11.6 Å².